The molecule has 0 saturated heterocycles. The molecule has 1 aromatic carbocycles. The highest BCUT2D eigenvalue weighted by molar-refractivity contribution is 7.80. The first-order valence-electron chi connectivity index (χ1n) is 6.64. The molecule has 0 aromatic heterocycles. The Balaban J connectivity index is 2.46. The van der Waals surface area contributed by atoms with Crippen molar-refractivity contribution >= 4 is 23.3 Å². The molecular formula is C15H17FN2O2S. The molecule has 0 fully saturated rings. The predicted molar refractivity (Wildman–Crippen MR) is 81.9 cm³/mol. The first-order valence-corrected chi connectivity index (χ1v) is 7.04. The van der Waals surface area contributed by atoms with Gasteiger partial charge in [-0.3, -0.25) is 0 Å². The van der Waals surface area contributed by atoms with E-state index in [9.17, 15) is 9.18 Å². The zero-order chi connectivity index (χ0) is 15.6. The topological polar surface area (TPSA) is 50.4 Å². The van der Waals surface area contributed by atoms with E-state index in [4.69, 9.17) is 17.0 Å². The highest BCUT2D eigenvalue weighted by Crippen LogP contribution is 2.29. The molecule has 0 radical (unpaired) electrons. The largest absolute Gasteiger partial charge is 0.459 e. The van der Waals surface area contributed by atoms with Crippen molar-refractivity contribution in [3.8, 4) is 0 Å². The molecule has 1 aliphatic heterocycles. The summed E-state index contributed by atoms with van der Waals surface area (Å²) in [5, 5.41) is 6.16. The third kappa shape index (κ3) is 3.39. The van der Waals surface area contributed by atoms with Gasteiger partial charge in [-0.2, -0.15) is 0 Å². The first-order chi connectivity index (χ1) is 9.90. The van der Waals surface area contributed by atoms with Crippen LogP contribution in [0.1, 0.15) is 32.4 Å². The summed E-state index contributed by atoms with van der Waals surface area (Å²) in [6.45, 7) is 5.25. The van der Waals surface area contributed by atoms with Gasteiger partial charge < -0.3 is 15.4 Å². The minimum Gasteiger partial charge on any atom is -0.459 e. The van der Waals surface area contributed by atoms with E-state index in [1.165, 1.54) is 6.07 Å². The Morgan fingerprint density at radius 3 is 2.67 bits per heavy atom. The van der Waals surface area contributed by atoms with Crippen molar-refractivity contribution in [2.75, 3.05) is 0 Å². The predicted octanol–water partition coefficient (Wildman–Crippen LogP) is 2.57. The Hall–Kier alpha value is -1.95. The highest BCUT2D eigenvalue weighted by Gasteiger charge is 2.32. The molecule has 2 N–H and O–H groups in total. The summed E-state index contributed by atoms with van der Waals surface area (Å²) < 4.78 is 19.3. The maximum atomic E-state index is 14.0. The van der Waals surface area contributed by atoms with Gasteiger partial charge in [0.15, 0.2) is 5.11 Å². The van der Waals surface area contributed by atoms with Crippen molar-refractivity contribution in [3.05, 3.63) is 46.9 Å². The molecular weight excluding hydrogens is 291 g/mol. The van der Waals surface area contributed by atoms with Crippen LogP contribution in [0.3, 0.4) is 0 Å². The number of carbonyl (C=O) groups is 1. The lowest BCUT2D eigenvalue weighted by atomic mass is 9.95. The van der Waals surface area contributed by atoms with Gasteiger partial charge in [-0.1, -0.05) is 18.2 Å². The molecule has 1 aromatic rings. The molecule has 1 aliphatic rings. The van der Waals surface area contributed by atoms with Gasteiger partial charge in [0.1, 0.15) is 5.82 Å². The van der Waals surface area contributed by atoms with Crippen molar-refractivity contribution in [1.29, 1.82) is 0 Å². The van der Waals surface area contributed by atoms with Gasteiger partial charge in [-0.15, -0.1) is 0 Å². The quantitative estimate of drug-likeness (QED) is 0.664. The van der Waals surface area contributed by atoms with E-state index in [1.54, 1.807) is 39.0 Å². The van der Waals surface area contributed by atoms with E-state index in [0.717, 1.165) is 0 Å². The average Bonchev–Trinajstić information content (AvgIpc) is 2.37. The van der Waals surface area contributed by atoms with Crippen LogP contribution in [0.2, 0.25) is 0 Å². The molecule has 0 bridgehead atoms. The maximum absolute atomic E-state index is 14.0. The molecule has 0 aliphatic carbocycles. The average molecular weight is 308 g/mol. The van der Waals surface area contributed by atoms with Crippen molar-refractivity contribution in [2.24, 2.45) is 0 Å². The van der Waals surface area contributed by atoms with Crippen LogP contribution < -0.4 is 10.6 Å². The van der Waals surface area contributed by atoms with Crippen LogP contribution in [0.5, 0.6) is 0 Å². The normalized spacial score (nSPS) is 18.3. The van der Waals surface area contributed by atoms with Crippen LogP contribution in [0, 0.1) is 5.82 Å². The molecule has 0 spiro atoms. The van der Waals surface area contributed by atoms with Crippen LogP contribution >= 0.6 is 12.2 Å². The van der Waals surface area contributed by atoms with Gasteiger partial charge in [0.25, 0.3) is 0 Å². The number of rotatable bonds is 3. The lowest BCUT2D eigenvalue weighted by molar-refractivity contribution is -0.143. The van der Waals surface area contributed by atoms with Crippen molar-refractivity contribution < 1.29 is 13.9 Å². The zero-order valence-electron chi connectivity index (χ0n) is 12.1. The van der Waals surface area contributed by atoms with Gasteiger partial charge in [-0.05, 0) is 39.1 Å². The Kier molecular flexibility index (Phi) is 4.57. The number of nitrogens with one attached hydrogen (secondary N) is 2. The van der Waals surface area contributed by atoms with E-state index in [2.05, 4.69) is 10.6 Å². The van der Waals surface area contributed by atoms with Gasteiger partial charge in [-0.25, -0.2) is 9.18 Å². The molecule has 0 saturated carbocycles. The zero-order valence-corrected chi connectivity index (χ0v) is 12.9. The lowest BCUT2D eigenvalue weighted by Gasteiger charge is -2.30. The van der Waals surface area contributed by atoms with E-state index < -0.39 is 17.8 Å². The Labute approximate surface area is 128 Å². The fourth-order valence-electron chi connectivity index (χ4n) is 2.18. The summed E-state index contributed by atoms with van der Waals surface area (Å²) >= 11 is 5.10. The lowest BCUT2D eigenvalue weighted by Crippen LogP contribution is -2.45. The fraction of sp³-hybridized carbons (Fsp3) is 0.333. The summed E-state index contributed by atoms with van der Waals surface area (Å²) in [5.74, 6) is -0.888. The van der Waals surface area contributed by atoms with Crippen LogP contribution in [-0.4, -0.2) is 17.2 Å². The van der Waals surface area contributed by atoms with E-state index in [1.807, 2.05) is 0 Å². The summed E-state index contributed by atoms with van der Waals surface area (Å²) in [4.78, 5) is 12.3. The van der Waals surface area contributed by atoms with Crippen molar-refractivity contribution in [3.63, 3.8) is 0 Å². The number of benzene rings is 1. The summed E-state index contributed by atoms with van der Waals surface area (Å²) in [6.07, 6.45) is -0.257. The van der Waals surface area contributed by atoms with E-state index >= 15 is 0 Å². The second-order valence-corrected chi connectivity index (χ2v) is 5.45. The second-order valence-electron chi connectivity index (χ2n) is 5.05. The molecule has 21 heavy (non-hydrogen) atoms. The number of allylic oxidation sites excluding steroid dienone is 1. The Morgan fingerprint density at radius 2 is 2.05 bits per heavy atom. The first kappa shape index (κ1) is 15.4. The number of thiocarbonyl (C=S) groups is 1. The summed E-state index contributed by atoms with van der Waals surface area (Å²) in [6, 6.07) is 5.62. The standard InChI is InChI=1S/C15H17FN2O2S/c1-8(2)20-14(19)12-9(3)17-15(21)18-13(12)10-6-4-5-7-11(10)16/h4-8,13H,1-3H3,(H2,17,18,21). The number of ether oxygens (including phenoxy) is 1. The number of hydrogen-bond donors (Lipinski definition) is 2. The van der Waals surface area contributed by atoms with E-state index in [0.29, 0.717) is 21.9 Å². The second kappa shape index (κ2) is 6.22. The van der Waals surface area contributed by atoms with Crippen LogP contribution in [0.25, 0.3) is 0 Å². The van der Waals surface area contributed by atoms with Gasteiger partial charge in [0.05, 0.1) is 17.7 Å². The summed E-state index contributed by atoms with van der Waals surface area (Å²) in [7, 11) is 0. The number of halogens is 1. The van der Waals surface area contributed by atoms with Crippen LogP contribution in [-0.2, 0) is 9.53 Å². The monoisotopic (exact) mass is 308 g/mol. The number of esters is 1. The number of carbonyl (C=O) groups excluding carboxylic acids is 1. The Morgan fingerprint density at radius 1 is 1.38 bits per heavy atom. The minimum absolute atomic E-state index is 0.257. The molecule has 112 valence electrons. The molecule has 2 rings (SSSR count). The maximum Gasteiger partial charge on any atom is 0.338 e. The van der Waals surface area contributed by atoms with Gasteiger partial charge >= 0.3 is 5.97 Å². The molecule has 4 nitrogen and oxygen atoms in total. The number of hydrogen-bond acceptors (Lipinski definition) is 3. The SMILES string of the molecule is CC1=C(C(=O)OC(C)C)C(c2ccccc2F)NC(=S)N1. The minimum atomic E-state index is -0.661. The van der Waals surface area contributed by atoms with Crippen molar-refractivity contribution in [2.45, 2.75) is 32.9 Å². The van der Waals surface area contributed by atoms with Crippen molar-refractivity contribution in [1.82, 2.24) is 10.6 Å². The highest BCUT2D eigenvalue weighted by atomic mass is 32.1. The third-order valence-electron chi connectivity index (χ3n) is 3.05. The van der Waals surface area contributed by atoms with Crippen LogP contribution in [0.15, 0.2) is 35.5 Å². The van der Waals surface area contributed by atoms with Crippen LogP contribution in [0.4, 0.5) is 4.39 Å². The molecule has 0 amide bonds. The van der Waals surface area contributed by atoms with E-state index in [-0.39, 0.29) is 6.10 Å². The molecule has 1 unspecified atom stereocenters. The molecule has 1 heterocycles. The molecule has 6 heteroatoms. The van der Waals surface area contributed by atoms with Gasteiger partial charge in [0, 0.05) is 11.3 Å². The fourth-order valence-corrected chi connectivity index (χ4v) is 2.46. The van der Waals surface area contributed by atoms with Gasteiger partial charge in [0.2, 0.25) is 0 Å². The third-order valence-corrected chi connectivity index (χ3v) is 3.27. The Bertz CT molecular complexity index is 613. The summed E-state index contributed by atoms with van der Waals surface area (Å²) in [5.41, 5.74) is 1.26. The smallest absolute Gasteiger partial charge is 0.338 e. The molecule has 1 atom stereocenters.